The second-order valence-electron chi connectivity index (χ2n) is 7.72. The average molecular weight is 468 g/mol. The highest BCUT2D eigenvalue weighted by Gasteiger charge is 2.35. The van der Waals surface area contributed by atoms with Gasteiger partial charge in [-0.25, -0.2) is 22.0 Å². The molecule has 1 atom stereocenters. The third kappa shape index (κ3) is 8.26. The highest BCUT2D eigenvalue weighted by molar-refractivity contribution is 8.13. The SMILES string of the molecule is Cc1ccc(S(=O)(=O)Cl)c(O[C@@H](C)CCCCOC(=O)NC2CCC(F)(F)CC2)c1. The number of aryl methyl sites for hydroxylation is 1. The Morgan fingerprint density at radius 3 is 2.60 bits per heavy atom. The molecule has 1 N–H and O–H groups in total. The van der Waals surface area contributed by atoms with Gasteiger partial charge in [0.05, 0.1) is 12.7 Å². The van der Waals surface area contributed by atoms with Crippen molar-refractivity contribution in [3.05, 3.63) is 23.8 Å². The fourth-order valence-electron chi connectivity index (χ4n) is 3.28. The first-order chi connectivity index (χ1) is 14.0. The van der Waals surface area contributed by atoms with Gasteiger partial charge in [0.25, 0.3) is 9.05 Å². The summed E-state index contributed by atoms with van der Waals surface area (Å²) in [6, 6.07) is 4.42. The van der Waals surface area contributed by atoms with Gasteiger partial charge in [-0.05, 0) is 63.6 Å². The van der Waals surface area contributed by atoms with Crippen molar-refractivity contribution in [2.24, 2.45) is 0 Å². The second kappa shape index (κ2) is 10.6. The van der Waals surface area contributed by atoms with Gasteiger partial charge in [0.2, 0.25) is 5.92 Å². The van der Waals surface area contributed by atoms with Crippen molar-refractivity contribution in [3.8, 4) is 5.75 Å². The van der Waals surface area contributed by atoms with Crippen LogP contribution in [-0.4, -0.2) is 39.2 Å². The van der Waals surface area contributed by atoms with Crippen molar-refractivity contribution < 1.29 is 31.5 Å². The molecule has 1 saturated carbocycles. The van der Waals surface area contributed by atoms with Gasteiger partial charge in [0.1, 0.15) is 10.6 Å². The van der Waals surface area contributed by atoms with Crippen LogP contribution in [-0.2, 0) is 13.8 Å². The molecule has 0 aromatic heterocycles. The second-order valence-corrected chi connectivity index (χ2v) is 10.3. The zero-order valence-electron chi connectivity index (χ0n) is 17.1. The molecule has 6 nitrogen and oxygen atoms in total. The van der Waals surface area contributed by atoms with Crippen LogP contribution in [0.4, 0.5) is 13.6 Å². The van der Waals surface area contributed by atoms with Crippen molar-refractivity contribution in [2.45, 2.75) is 81.8 Å². The van der Waals surface area contributed by atoms with Crippen LogP contribution < -0.4 is 10.1 Å². The lowest BCUT2D eigenvalue weighted by atomic mass is 9.92. The topological polar surface area (TPSA) is 81.7 Å². The van der Waals surface area contributed by atoms with Crippen LogP contribution >= 0.6 is 10.7 Å². The third-order valence-corrected chi connectivity index (χ3v) is 6.33. The first kappa shape index (κ1) is 24.7. The Kier molecular flexibility index (Phi) is 8.73. The number of carbonyl (C=O) groups is 1. The molecule has 1 fully saturated rings. The van der Waals surface area contributed by atoms with Gasteiger partial charge in [0, 0.05) is 29.6 Å². The molecule has 0 radical (unpaired) electrons. The zero-order chi connectivity index (χ0) is 22.4. The maximum absolute atomic E-state index is 13.1. The van der Waals surface area contributed by atoms with E-state index >= 15 is 0 Å². The molecule has 1 aromatic carbocycles. The van der Waals surface area contributed by atoms with Crippen molar-refractivity contribution in [3.63, 3.8) is 0 Å². The number of nitrogens with one attached hydrogen (secondary N) is 1. The standard InChI is InChI=1S/C20H28ClF2NO5S/c1-14-6-7-18(30(21,26)27)17(13-14)29-15(2)5-3-4-12-28-19(25)24-16-8-10-20(22,23)11-9-16/h6-7,13,15-16H,3-5,8-12H2,1-2H3,(H,24,25)/t15-/m0/s1. The summed E-state index contributed by atoms with van der Waals surface area (Å²) in [7, 11) is 1.55. The molecule has 0 saturated heterocycles. The summed E-state index contributed by atoms with van der Waals surface area (Å²) in [6.45, 7) is 3.84. The molecule has 30 heavy (non-hydrogen) atoms. The first-order valence-electron chi connectivity index (χ1n) is 9.99. The number of alkyl carbamates (subject to hydrolysis) is 1. The average Bonchev–Trinajstić information content (AvgIpc) is 2.62. The molecular weight excluding hydrogens is 440 g/mol. The Hall–Kier alpha value is -1.61. The fraction of sp³-hybridized carbons (Fsp3) is 0.650. The van der Waals surface area contributed by atoms with Gasteiger partial charge in [0.15, 0.2) is 0 Å². The minimum Gasteiger partial charge on any atom is -0.489 e. The van der Waals surface area contributed by atoms with Gasteiger partial charge in [-0.2, -0.15) is 0 Å². The summed E-state index contributed by atoms with van der Waals surface area (Å²) in [4.78, 5) is 11.7. The number of hydrogen-bond donors (Lipinski definition) is 1. The van der Waals surface area contributed by atoms with Crippen LogP contribution in [0.25, 0.3) is 0 Å². The van der Waals surface area contributed by atoms with E-state index < -0.39 is 21.1 Å². The number of carbonyl (C=O) groups excluding carboxylic acids is 1. The smallest absolute Gasteiger partial charge is 0.407 e. The molecule has 0 spiro atoms. The van der Waals surface area contributed by atoms with E-state index in [2.05, 4.69) is 5.32 Å². The number of halogens is 3. The number of benzene rings is 1. The van der Waals surface area contributed by atoms with Crippen molar-refractivity contribution in [1.29, 1.82) is 0 Å². The van der Waals surface area contributed by atoms with E-state index in [1.54, 1.807) is 12.1 Å². The van der Waals surface area contributed by atoms with Crippen LogP contribution in [0.3, 0.4) is 0 Å². The van der Waals surface area contributed by atoms with Crippen molar-refractivity contribution in [2.75, 3.05) is 6.61 Å². The number of alkyl halides is 2. The zero-order valence-corrected chi connectivity index (χ0v) is 18.7. The number of ether oxygens (including phenoxy) is 2. The van der Waals surface area contributed by atoms with E-state index in [1.807, 2.05) is 13.8 Å². The van der Waals surface area contributed by atoms with Gasteiger partial charge >= 0.3 is 6.09 Å². The summed E-state index contributed by atoms with van der Waals surface area (Å²) in [6.07, 6.45) is 1.11. The van der Waals surface area contributed by atoms with Crippen molar-refractivity contribution in [1.82, 2.24) is 5.32 Å². The number of hydrogen-bond acceptors (Lipinski definition) is 5. The Morgan fingerprint density at radius 1 is 1.30 bits per heavy atom. The van der Waals surface area contributed by atoms with E-state index in [9.17, 15) is 22.0 Å². The number of unbranched alkanes of at least 4 members (excludes halogenated alkanes) is 1. The Morgan fingerprint density at radius 2 is 1.97 bits per heavy atom. The fourth-order valence-corrected chi connectivity index (χ4v) is 4.24. The molecular formula is C20H28ClF2NO5S. The molecule has 2 rings (SSSR count). The largest absolute Gasteiger partial charge is 0.489 e. The van der Waals surface area contributed by atoms with Crippen molar-refractivity contribution >= 4 is 25.8 Å². The highest BCUT2D eigenvalue weighted by Crippen LogP contribution is 2.33. The normalized spacial score (nSPS) is 17.9. The van der Waals surface area contributed by atoms with Gasteiger partial charge in [-0.3, -0.25) is 0 Å². The monoisotopic (exact) mass is 467 g/mol. The van der Waals surface area contributed by atoms with E-state index in [0.717, 1.165) is 5.56 Å². The lowest BCUT2D eigenvalue weighted by Crippen LogP contribution is -2.40. The molecule has 1 aromatic rings. The number of rotatable bonds is 9. The quantitative estimate of drug-likeness (QED) is 0.400. The Labute approximate surface area is 180 Å². The first-order valence-corrected chi connectivity index (χ1v) is 12.3. The minimum atomic E-state index is -3.91. The molecule has 0 unspecified atom stereocenters. The molecule has 0 heterocycles. The molecule has 10 heteroatoms. The Bertz CT molecular complexity index is 824. The van der Waals surface area contributed by atoms with E-state index in [-0.39, 0.29) is 55.1 Å². The predicted molar refractivity (Wildman–Crippen MR) is 110 cm³/mol. The Balaban J connectivity index is 1.67. The van der Waals surface area contributed by atoms with Crippen LogP contribution in [0.5, 0.6) is 5.75 Å². The third-order valence-electron chi connectivity index (χ3n) is 4.97. The lowest BCUT2D eigenvalue weighted by molar-refractivity contribution is -0.0403. The van der Waals surface area contributed by atoms with Crippen LogP contribution in [0.1, 0.15) is 57.4 Å². The van der Waals surface area contributed by atoms with Crippen LogP contribution in [0, 0.1) is 6.92 Å². The van der Waals surface area contributed by atoms with Gasteiger partial charge in [-0.1, -0.05) is 6.07 Å². The van der Waals surface area contributed by atoms with E-state index in [0.29, 0.717) is 19.3 Å². The van der Waals surface area contributed by atoms with E-state index in [4.69, 9.17) is 20.2 Å². The summed E-state index contributed by atoms with van der Waals surface area (Å²) in [5.74, 6) is -2.42. The molecule has 0 bridgehead atoms. The predicted octanol–water partition coefficient (Wildman–Crippen LogP) is 5.16. The highest BCUT2D eigenvalue weighted by atomic mass is 35.7. The summed E-state index contributed by atoms with van der Waals surface area (Å²) in [5, 5.41) is 2.63. The molecule has 0 aliphatic heterocycles. The molecule has 1 aliphatic rings. The molecule has 1 aliphatic carbocycles. The maximum atomic E-state index is 13.1. The molecule has 170 valence electrons. The van der Waals surface area contributed by atoms with Crippen LogP contribution in [0.2, 0.25) is 0 Å². The number of amides is 1. The summed E-state index contributed by atoms with van der Waals surface area (Å²) >= 11 is 0. The summed E-state index contributed by atoms with van der Waals surface area (Å²) < 4.78 is 60.4. The lowest BCUT2D eigenvalue weighted by Gasteiger charge is -2.28. The van der Waals surface area contributed by atoms with E-state index in [1.165, 1.54) is 6.07 Å². The van der Waals surface area contributed by atoms with Crippen LogP contribution in [0.15, 0.2) is 23.1 Å². The minimum absolute atomic E-state index is 0.0675. The van der Waals surface area contributed by atoms with Gasteiger partial charge < -0.3 is 14.8 Å². The maximum Gasteiger partial charge on any atom is 0.407 e. The molecule has 1 amide bonds. The summed E-state index contributed by atoms with van der Waals surface area (Å²) in [5.41, 5.74) is 0.849. The van der Waals surface area contributed by atoms with Gasteiger partial charge in [-0.15, -0.1) is 0 Å².